The number of benzene rings is 1. The van der Waals surface area contributed by atoms with Crippen LogP contribution in [0.25, 0.3) is 0 Å². The number of hydrogen-bond donors (Lipinski definition) is 2. The zero-order chi connectivity index (χ0) is 14.6. The lowest BCUT2D eigenvalue weighted by Crippen LogP contribution is -2.40. The second-order valence-corrected chi connectivity index (χ2v) is 6.45. The molecule has 5 nitrogen and oxygen atoms in total. The molecule has 1 aromatic carbocycles. The highest BCUT2D eigenvalue weighted by molar-refractivity contribution is 9.10. The first kappa shape index (κ1) is 16.1. The summed E-state index contributed by atoms with van der Waals surface area (Å²) in [6.07, 6.45) is 0.698. The minimum Gasteiger partial charge on any atom is -0.480 e. The fourth-order valence-corrected chi connectivity index (χ4v) is 3.20. The number of carbonyl (C=O) groups is 1. The Morgan fingerprint density at radius 1 is 1.53 bits per heavy atom. The van der Waals surface area contributed by atoms with Crippen molar-refractivity contribution in [2.75, 3.05) is 0 Å². The van der Waals surface area contributed by atoms with Gasteiger partial charge in [0.05, 0.1) is 9.37 Å². The average Bonchev–Trinajstić information content (AvgIpc) is 2.31. The van der Waals surface area contributed by atoms with Crippen molar-refractivity contribution in [2.24, 2.45) is 0 Å². The van der Waals surface area contributed by atoms with Gasteiger partial charge in [-0.3, -0.25) is 4.79 Å². The van der Waals surface area contributed by atoms with E-state index in [1.807, 2.05) is 0 Å². The third-order valence-corrected chi connectivity index (χ3v) is 4.45. The second kappa shape index (κ2) is 6.44. The summed E-state index contributed by atoms with van der Waals surface area (Å²) in [7, 11) is -3.99. The quantitative estimate of drug-likeness (QED) is 0.820. The van der Waals surface area contributed by atoms with E-state index in [2.05, 4.69) is 20.7 Å². The highest BCUT2D eigenvalue weighted by Gasteiger charge is 2.25. The van der Waals surface area contributed by atoms with E-state index in [1.165, 1.54) is 0 Å². The molecule has 19 heavy (non-hydrogen) atoms. The Bertz CT molecular complexity index is 576. The van der Waals surface area contributed by atoms with Crippen LogP contribution in [0.15, 0.2) is 27.6 Å². The first-order valence-electron chi connectivity index (χ1n) is 5.48. The Morgan fingerprint density at radius 3 is 2.63 bits per heavy atom. The minimum atomic E-state index is -3.99. The molecule has 0 aliphatic rings. The molecule has 1 atom stereocenters. The molecular formula is C11H13BrFNO4S. The van der Waals surface area contributed by atoms with Gasteiger partial charge in [0.15, 0.2) is 0 Å². The van der Waals surface area contributed by atoms with Crippen molar-refractivity contribution in [2.45, 2.75) is 30.7 Å². The summed E-state index contributed by atoms with van der Waals surface area (Å²) in [6, 6.07) is 1.96. The molecule has 0 spiro atoms. The zero-order valence-electron chi connectivity index (χ0n) is 10.1. The van der Waals surface area contributed by atoms with E-state index in [1.54, 1.807) is 6.92 Å². The Hall–Kier alpha value is -0.990. The molecule has 106 valence electrons. The predicted octanol–water partition coefficient (Wildman–Crippen LogP) is 2.12. The summed E-state index contributed by atoms with van der Waals surface area (Å²) in [5.41, 5.74) is 0. The monoisotopic (exact) mass is 353 g/mol. The first-order valence-corrected chi connectivity index (χ1v) is 7.75. The van der Waals surface area contributed by atoms with Crippen LogP contribution in [-0.2, 0) is 14.8 Å². The zero-order valence-corrected chi connectivity index (χ0v) is 12.5. The van der Waals surface area contributed by atoms with Gasteiger partial charge in [0, 0.05) is 0 Å². The fourth-order valence-electron chi connectivity index (χ4n) is 1.42. The Morgan fingerprint density at radius 2 is 2.16 bits per heavy atom. The number of hydrogen-bond acceptors (Lipinski definition) is 3. The molecule has 8 heteroatoms. The lowest BCUT2D eigenvalue weighted by molar-refractivity contribution is -0.139. The Kier molecular flexibility index (Phi) is 5.45. The van der Waals surface area contributed by atoms with Crippen molar-refractivity contribution in [1.82, 2.24) is 4.72 Å². The largest absolute Gasteiger partial charge is 0.480 e. The third kappa shape index (κ3) is 4.26. The summed E-state index contributed by atoms with van der Waals surface area (Å²) >= 11 is 2.88. The minimum absolute atomic E-state index is 0.00209. The lowest BCUT2D eigenvalue weighted by Gasteiger charge is -2.14. The van der Waals surface area contributed by atoms with Crippen LogP contribution in [0, 0.1) is 5.82 Å². The normalized spacial score (nSPS) is 13.2. The third-order valence-electron chi connectivity index (χ3n) is 2.37. The fraction of sp³-hybridized carbons (Fsp3) is 0.364. The Labute approximate surface area is 119 Å². The van der Waals surface area contributed by atoms with E-state index in [0.29, 0.717) is 6.42 Å². The molecule has 0 aliphatic heterocycles. The van der Waals surface area contributed by atoms with Gasteiger partial charge in [-0.2, -0.15) is 4.72 Å². The molecule has 1 aromatic rings. The van der Waals surface area contributed by atoms with Gasteiger partial charge in [-0.25, -0.2) is 12.8 Å². The number of halogens is 2. The van der Waals surface area contributed by atoms with Gasteiger partial charge in [0.1, 0.15) is 11.9 Å². The van der Waals surface area contributed by atoms with Gasteiger partial charge in [0.2, 0.25) is 10.0 Å². The highest BCUT2D eigenvalue weighted by Crippen LogP contribution is 2.20. The van der Waals surface area contributed by atoms with Gasteiger partial charge in [0.25, 0.3) is 0 Å². The maximum Gasteiger partial charge on any atom is 0.321 e. The number of carboxylic acid groups (broad SMARTS) is 1. The van der Waals surface area contributed by atoms with E-state index in [4.69, 9.17) is 5.11 Å². The molecule has 1 unspecified atom stereocenters. The Balaban J connectivity index is 3.03. The van der Waals surface area contributed by atoms with Gasteiger partial charge in [-0.05, 0) is 40.5 Å². The number of carboxylic acids is 1. The molecule has 0 saturated carbocycles. The maximum atomic E-state index is 13.0. The van der Waals surface area contributed by atoms with Crippen molar-refractivity contribution in [3.05, 3.63) is 28.5 Å². The second-order valence-electron chi connectivity index (χ2n) is 3.88. The number of aliphatic carboxylic acids is 1. The summed E-state index contributed by atoms with van der Waals surface area (Å²) in [5.74, 6) is -1.84. The number of nitrogens with one attached hydrogen (secondary N) is 1. The van der Waals surface area contributed by atoms with Crippen LogP contribution in [-0.4, -0.2) is 25.5 Å². The highest BCUT2D eigenvalue weighted by atomic mass is 79.9. The van der Waals surface area contributed by atoms with Gasteiger partial charge >= 0.3 is 5.97 Å². The smallest absolute Gasteiger partial charge is 0.321 e. The summed E-state index contributed by atoms with van der Waals surface area (Å²) < 4.78 is 39.1. The molecule has 0 bridgehead atoms. The van der Waals surface area contributed by atoms with Gasteiger partial charge in [-0.1, -0.05) is 13.3 Å². The molecule has 0 fully saturated rings. The van der Waals surface area contributed by atoms with Crippen LogP contribution in [0.1, 0.15) is 19.8 Å². The van der Waals surface area contributed by atoms with Crippen molar-refractivity contribution in [1.29, 1.82) is 0 Å². The molecule has 0 aliphatic carbocycles. The van der Waals surface area contributed by atoms with E-state index in [0.717, 1.165) is 18.2 Å². The summed E-state index contributed by atoms with van der Waals surface area (Å²) in [6.45, 7) is 1.75. The van der Waals surface area contributed by atoms with E-state index in [9.17, 15) is 17.6 Å². The van der Waals surface area contributed by atoms with Gasteiger partial charge < -0.3 is 5.11 Å². The van der Waals surface area contributed by atoms with Crippen molar-refractivity contribution in [3.8, 4) is 0 Å². The van der Waals surface area contributed by atoms with Crippen molar-refractivity contribution >= 4 is 31.9 Å². The average molecular weight is 354 g/mol. The standard InChI is InChI=1S/C11H13BrFNO4S/c1-2-3-10(11(15)16)14-19(17,18)7-4-5-9(13)8(12)6-7/h4-6,10,14H,2-3H2,1H3,(H,15,16). The molecule has 0 amide bonds. The van der Waals surface area contributed by atoms with Crippen molar-refractivity contribution in [3.63, 3.8) is 0 Å². The maximum absolute atomic E-state index is 13.0. The molecule has 0 aromatic heterocycles. The predicted molar refractivity (Wildman–Crippen MR) is 70.8 cm³/mol. The number of sulfonamides is 1. The van der Waals surface area contributed by atoms with E-state index >= 15 is 0 Å². The van der Waals surface area contributed by atoms with Crippen LogP contribution in [0.3, 0.4) is 0 Å². The SMILES string of the molecule is CCCC(NS(=O)(=O)c1ccc(F)c(Br)c1)C(=O)O. The molecular weight excluding hydrogens is 341 g/mol. The first-order chi connectivity index (χ1) is 8.77. The van der Waals surface area contributed by atoms with E-state index in [-0.39, 0.29) is 15.8 Å². The van der Waals surface area contributed by atoms with Crippen LogP contribution in [0.5, 0.6) is 0 Å². The van der Waals surface area contributed by atoms with Crippen molar-refractivity contribution < 1.29 is 22.7 Å². The van der Waals surface area contributed by atoms with Crippen LogP contribution in [0.4, 0.5) is 4.39 Å². The van der Waals surface area contributed by atoms with E-state index < -0.39 is 27.9 Å². The molecule has 0 saturated heterocycles. The lowest BCUT2D eigenvalue weighted by atomic mass is 10.2. The molecule has 0 radical (unpaired) electrons. The molecule has 2 N–H and O–H groups in total. The summed E-state index contributed by atoms with van der Waals surface area (Å²) in [5, 5.41) is 8.92. The number of rotatable bonds is 6. The molecule has 1 rings (SSSR count). The summed E-state index contributed by atoms with van der Waals surface area (Å²) in [4.78, 5) is 10.7. The van der Waals surface area contributed by atoms with Crippen LogP contribution >= 0.6 is 15.9 Å². The van der Waals surface area contributed by atoms with Crippen LogP contribution < -0.4 is 4.72 Å². The molecule has 0 heterocycles. The van der Waals surface area contributed by atoms with Crippen LogP contribution in [0.2, 0.25) is 0 Å². The topological polar surface area (TPSA) is 83.5 Å². The van der Waals surface area contributed by atoms with Gasteiger partial charge in [-0.15, -0.1) is 0 Å².